The maximum Gasteiger partial charge on any atom is 0.255 e. The number of carbonyl (C=O) groups excluding carboxylic acids is 1. The first-order chi connectivity index (χ1) is 11.6. The lowest BCUT2D eigenvalue weighted by atomic mass is 10.1. The van der Waals surface area contributed by atoms with Crippen molar-refractivity contribution in [1.82, 2.24) is 15.1 Å². The molecule has 1 saturated carbocycles. The van der Waals surface area contributed by atoms with Crippen molar-refractivity contribution in [2.75, 3.05) is 0 Å². The number of hydrogen-bond acceptors (Lipinski definition) is 2. The zero-order chi connectivity index (χ0) is 16.9. The molecule has 1 aliphatic carbocycles. The highest BCUT2D eigenvalue weighted by atomic mass is 16.1. The van der Waals surface area contributed by atoms with E-state index in [0.29, 0.717) is 12.6 Å². The van der Waals surface area contributed by atoms with Crippen LogP contribution in [0.4, 0.5) is 0 Å². The van der Waals surface area contributed by atoms with Crippen LogP contribution in [-0.2, 0) is 6.54 Å². The average Bonchev–Trinajstić information content (AvgIpc) is 2.74. The third kappa shape index (κ3) is 3.86. The summed E-state index contributed by atoms with van der Waals surface area (Å²) in [6, 6.07) is 10.6. The van der Waals surface area contributed by atoms with Gasteiger partial charge in [-0.3, -0.25) is 9.48 Å². The summed E-state index contributed by atoms with van der Waals surface area (Å²) in [6.45, 7) is 4.62. The zero-order valence-electron chi connectivity index (χ0n) is 14.7. The Morgan fingerprint density at radius 3 is 2.46 bits per heavy atom. The number of aryl methyl sites for hydroxylation is 1. The molecule has 4 heteroatoms. The first-order valence-corrected chi connectivity index (χ1v) is 9.04. The van der Waals surface area contributed by atoms with E-state index in [2.05, 4.69) is 22.5 Å². The van der Waals surface area contributed by atoms with E-state index < -0.39 is 0 Å². The Kier molecular flexibility index (Phi) is 5.34. The molecule has 2 aromatic rings. The molecule has 0 saturated heterocycles. The Balaban J connectivity index is 1.74. The van der Waals surface area contributed by atoms with Gasteiger partial charge in [-0.25, -0.2) is 0 Å². The summed E-state index contributed by atoms with van der Waals surface area (Å²) < 4.78 is 1.94. The number of aromatic nitrogens is 2. The van der Waals surface area contributed by atoms with Gasteiger partial charge in [0, 0.05) is 11.7 Å². The van der Waals surface area contributed by atoms with Gasteiger partial charge in [-0.2, -0.15) is 5.10 Å². The van der Waals surface area contributed by atoms with E-state index in [4.69, 9.17) is 0 Å². The van der Waals surface area contributed by atoms with Gasteiger partial charge in [0.1, 0.15) is 0 Å². The Morgan fingerprint density at radius 1 is 1.12 bits per heavy atom. The molecular formula is C20H27N3O. The third-order valence-electron chi connectivity index (χ3n) is 4.97. The van der Waals surface area contributed by atoms with Gasteiger partial charge in [0.25, 0.3) is 5.91 Å². The lowest BCUT2D eigenvalue weighted by molar-refractivity contribution is 0.0932. The number of rotatable bonds is 4. The number of amides is 1. The van der Waals surface area contributed by atoms with Crippen molar-refractivity contribution in [2.45, 2.75) is 65.0 Å². The quantitative estimate of drug-likeness (QED) is 0.864. The van der Waals surface area contributed by atoms with Gasteiger partial charge in [-0.05, 0) is 32.3 Å². The first kappa shape index (κ1) is 16.7. The van der Waals surface area contributed by atoms with Crippen molar-refractivity contribution >= 4 is 5.91 Å². The summed E-state index contributed by atoms with van der Waals surface area (Å²) in [6.07, 6.45) is 7.22. The summed E-state index contributed by atoms with van der Waals surface area (Å²) in [5, 5.41) is 7.84. The Morgan fingerprint density at radius 2 is 1.79 bits per heavy atom. The Hall–Kier alpha value is -2.10. The molecule has 1 heterocycles. The number of nitrogens with one attached hydrogen (secondary N) is 1. The number of hydrogen-bond donors (Lipinski definition) is 1. The number of benzene rings is 1. The van der Waals surface area contributed by atoms with Crippen LogP contribution in [0.25, 0.3) is 0 Å². The highest BCUT2D eigenvalue weighted by Gasteiger charge is 2.22. The van der Waals surface area contributed by atoms with Crippen molar-refractivity contribution in [2.24, 2.45) is 0 Å². The van der Waals surface area contributed by atoms with Crippen LogP contribution in [-0.4, -0.2) is 21.7 Å². The van der Waals surface area contributed by atoms with Gasteiger partial charge in [0.15, 0.2) is 0 Å². The predicted octanol–water partition coefficient (Wildman–Crippen LogP) is 4.00. The van der Waals surface area contributed by atoms with Crippen LogP contribution in [0, 0.1) is 13.8 Å². The minimum Gasteiger partial charge on any atom is -0.349 e. The van der Waals surface area contributed by atoms with Gasteiger partial charge >= 0.3 is 0 Å². The van der Waals surface area contributed by atoms with E-state index in [-0.39, 0.29) is 5.91 Å². The van der Waals surface area contributed by atoms with Gasteiger partial charge in [0.05, 0.1) is 17.8 Å². The molecule has 1 aromatic carbocycles. The SMILES string of the molecule is Cc1nn(Cc2ccccc2)c(C)c1C(=O)NC1CCCCCC1. The predicted molar refractivity (Wildman–Crippen MR) is 96.2 cm³/mol. The lowest BCUT2D eigenvalue weighted by Crippen LogP contribution is -2.35. The molecule has 1 amide bonds. The molecule has 1 aromatic heterocycles. The fraction of sp³-hybridized carbons (Fsp3) is 0.500. The molecular weight excluding hydrogens is 298 g/mol. The third-order valence-corrected chi connectivity index (χ3v) is 4.97. The second kappa shape index (κ2) is 7.65. The van der Waals surface area contributed by atoms with Crippen molar-refractivity contribution in [3.8, 4) is 0 Å². The van der Waals surface area contributed by atoms with Crippen LogP contribution in [0.15, 0.2) is 30.3 Å². The lowest BCUT2D eigenvalue weighted by Gasteiger charge is -2.16. The maximum atomic E-state index is 12.8. The van der Waals surface area contributed by atoms with E-state index in [1.165, 1.54) is 31.2 Å². The van der Waals surface area contributed by atoms with Crippen LogP contribution in [0.5, 0.6) is 0 Å². The molecule has 1 aliphatic rings. The van der Waals surface area contributed by atoms with Crippen LogP contribution < -0.4 is 5.32 Å². The molecule has 0 spiro atoms. The monoisotopic (exact) mass is 325 g/mol. The van der Waals surface area contributed by atoms with Crippen molar-refractivity contribution in [3.63, 3.8) is 0 Å². The maximum absolute atomic E-state index is 12.8. The van der Waals surface area contributed by atoms with Gasteiger partial charge in [-0.1, -0.05) is 56.0 Å². The van der Waals surface area contributed by atoms with Crippen LogP contribution in [0.2, 0.25) is 0 Å². The van der Waals surface area contributed by atoms with E-state index in [0.717, 1.165) is 29.8 Å². The number of nitrogens with zero attached hydrogens (tertiary/aromatic N) is 2. The van der Waals surface area contributed by atoms with E-state index in [9.17, 15) is 4.79 Å². The van der Waals surface area contributed by atoms with E-state index in [1.54, 1.807) is 0 Å². The molecule has 0 bridgehead atoms. The van der Waals surface area contributed by atoms with Crippen molar-refractivity contribution < 1.29 is 4.79 Å². The normalized spacial score (nSPS) is 15.9. The van der Waals surface area contributed by atoms with Crippen LogP contribution in [0.3, 0.4) is 0 Å². The van der Waals surface area contributed by atoms with Crippen LogP contribution in [0.1, 0.15) is 65.8 Å². The zero-order valence-corrected chi connectivity index (χ0v) is 14.7. The minimum atomic E-state index is 0.0382. The molecule has 1 fully saturated rings. The molecule has 24 heavy (non-hydrogen) atoms. The standard InChI is InChI=1S/C20H27N3O/c1-15-19(20(24)21-18-12-8-3-4-9-13-18)16(2)23(22-15)14-17-10-6-5-7-11-17/h5-7,10-11,18H,3-4,8-9,12-14H2,1-2H3,(H,21,24). The van der Waals surface area contributed by atoms with Crippen molar-refractivity contribution in [3.05, 3.63) is 52.8 Å². The van der Waals surface area contributed by atoms with Crippen molar-refractivity contribution in [1.29, 1.82) is 0 Å². The largest absolute Gasteiger partial charge is 0.349 e. The summed E-state index contributed by atoms with van der Waals surface area (Å²) in [7, 11) is 0. The van der Waals surface area contributed by atoms with Crippen LogP contribution >= 0.6 is 0 Å². The van der Waals surface area contributed by atoms with E-state index >= 15 is 0 Å². The number of carbonyl (C=O) groups is 1. The summed E-state index contributed by atoms with van der Waals surface area (Å²) in [4.78, 5) is 12.8. The highest BCUT2D eigenvalue weighted by molar-refractivity contribution is 5.96. The second-order valence-corrected chi connectivity index (χ2v) is 6.85. The Labute approximate surface area is 144 Å². The summed E-state index contributed by atoms with van der Waals surface area (Å²) in [5.74, 6) is 0.0382. The second-order valence-electron chi connectivity index (χ2n) is 6.85. The molecule has 128 valence electrons. The molecule has 1 N–H and O–H groups in total. The fourth-order valence-electron chi connectivity index (χ4n) is 3.62. The summed E-state index contributed by atoms with van der Waals surface area (Å²) in [5.41, 5.74) is 3.70. The van der Waals surface area contributed by atoms with Gasteiger partial charge < -0.3 is 5.32 Å². The smallest absolute Gasteiger partial charge is 0.255 e. The average molecular weight is 325 g/mol. The molecule has 0 radical (unpaired) electrons. The van der Waals surface area contributed by atoms with Gasteiger partial charge in [0.2, 0.25) is 0 Å². The topological polar surface area (TPSA) is 46.9 Å². The Bertz CT molecular complexity index is 682. The van der Waals surface area contributed by atoms with Gasteiger partial charge in [-0.15, -0.1) is 0 Å². The molecule has 3 rings (SSSR count). The summed E-state index contributed by atoms with van der Waals surface area (Å²) >= 11 is 0. The van der Waals surface area contributed by atoms with E-state index in [1.807, 2.05) is 36.7 Å². The molecule has 0 atom stereocenters. The fourth-order valence-corrected chi connectivity index (χ4v) is 3.62. The highest BCUT2D eigenvalue weighted by Crippen LogP contribution is 2.19. The minimum absolute atomic E-state index is 0.0382. The molecule has 4 nitrogen and oxygen atoms in total. The molecule has 0 aliphatic heterocycles. The molecule has 0 unspecified atom stereocenters. The first-order valence-electron chi connectivity index (χ1n) is 9.04.